The Balaban J connectivity index is 1.76. The lowest BCUT2D eigenvalue weighted by atomic mass is 9.82. The van der Waals surface area contributed by atoms with Gasteiger partial charge >= 0.3 is 0 Å². The zero-order valence-corrected chi connectivity index (χ0v) is 13.7. The summed E-state index contributed by atoms with van der Waals surface area (Å²) in [7, 11) is 1.95. The van der Waals surface area contributed by atoms with Crippen LogP contribution in [-0.2, 0) is 18.4 Å². The predicted molar refractivity (Wildman–Crippen MR) is 83.4 cm³/mol. The van der Waals surface area contributed by atoms with E-state index in [-0.39, 0.29) is 5.92 Å². The first-order valence-corrected chi connectivity index (χ1v) is 8.40. The van der Waals surface area contributed by atoms with Gasteiger partial charge in [0.2, 0.25) is 0 Å². The van der Waals surface area contributed by atoms with E-state index in [1.807, 2.05) is 18.7 Å². The normalized spacial score (nSPS) is 27.5. The van der Waals surface area contributed by atoms with Gasteiger partial charge in [-0.25, -0.2) is 0 Å². The summed E-state index contributed by atoms with van der Waals surface area (Å²) >= 11 is 6.38. The third kappa shape index (κ3) is 2.88. The second kappa shape index (κ2) is 6.09. The van der Waals surface area contributed by atoms with E-state index in [4.69, 9.17) is 11.6 Å². The van der Waals surface area contributed by atoms with Crippen molar-refractivity contribution in [1.82, 2.24) is 14.7 Å². The minimum absolute atomic E-state index is 0.245. The lowest BCUT2D eigenvalue weighted by molar-refractivity contribution is -0.126. The maximum absolute atomic E-state index is 12.2. The Morgan fingerprint density at radius 1 is 1.29 bits per heavy atom. The zero-order chi connectivity index (χ0) is 15.0. The molecule has 5 heteroatoms. The summed E-state index contributed by atoms with van der Waals surface area (Å²) in [5.41, 5.74) is 1.96. The van der Waals surface area contributed by atoms with Crippen LogP contribution in [0.4, 0.5) is 0 Å². The molecule has 0 amide bonds. The van der Waals surface area contributed by atoms with Crippen LogP contribution in [-0.4, -0.2) is 33.1 Å². The van der Waals surface area contributed by atoms with E-state index in [0.717, 1.165) is 55.2 Å². The topological polar surface area (TPSA) is 38.1 Å². The Morgan fingerprint density at radius 3 is 2.76 bits per heavy atom. The monoisotopic (exact) mass is 309 g/mol. The number of rotatable bonds is 3. The molecule has 2 aliphatic rings. The number of Topliss-reactive ketones (excluding diaryl/α,β-unsaturated/α-hetero) is 1. The molecule has 3 rings (SSSR count). The van der Waals surface area contributed by atoms with Crippen molar-refractivity contribution in [2.45, 2.75) is 58.0 Å². The van der Waals surface area contributed by atoms with Gasteiger partial charge in [-0.1, -0.05) is 18.0 Å². The van der Waals surface area contributed by atoms with Crippen LogP contribution in [0.3, 0.4) is 0 Å². The summed E-state index contributed by atoms with van der Waals surface area (Å²) in [6, 6.07) is 0.407. The van der Waals surface area contributed by atoms with E-state index in [2.05, 4.69) is 10.00 Å². The van der Waals surface area contributed by atoms with Crippen LogP contribution in [0.5, 0.6) is 0 Å². The standard InChI is InChI=1S/C16H24ClN3O/c1-11-16(17)14(19(2)18-11)10-20-9-5-7-13(20)12-6-3-4-8-15(12)21/h12-13H,3-10H2,1-2H3. The van der Waals surface area contributed by atoms with Crippen LogP contribution in [0.25, 0.3) is 0 Å². The highest BCUT2D eigenvalue weighted by Gasteiger charge is 2.37. The molecule has 0 radical (unpaired) electrons. The molecule has 1 saturated carbocycles. The zero-order valence-electron chi connectivity index (χ0n) is 12.9. The molecule has 1 aromatic heterocycles. The molecule has 21 heavy (non-hydrogen) atoms. The van der Waals surface area contributed by atoms with Gasteiger partial charge in [-0.2, -0.15) is 5.10 Å². The largest absolute Gasteiger partial charge is 0.299 e. The quantitative estimate of drug-likeness (QED) is 0.861. The average molecular weight is 310 g/mol. The highest BCUT2D eigenvalue weighted by molar-refractivity contribution is 6.31. The van der Waals surface area contributed by atoms with Crippen LogP contribution in [0.2, 0.25) is 5.02 Å². The molecule has 4 nitrogen and oxygen atoms in total. The molecule has 0 N–H and O–H groups in total. The van der Waals surface area contributed by atoms with Crippen LogP contribution in [0.15, 0.2) is 0 Å². The van der Waals surface area contributed by atoms with Crippen molar-refractivity contribution < 1.29 is 4.79 Å². The van der Waals surface area contributed by atoms with Crippen molar-refractivity contribution in [3.8, 4) is 0 Å². The molecule has 2 atom stereocenters. The molecular formula is C16H24ClN3O. The van der Waals surface area contributed by atoms with Crippen LogP contribution < -0.4 is 0 Å². The second-order valence-corrected chi connectivity index (χ2v) is 6.85. The van der Waals surface area contributed by atoms with E-state index < -0.39 is 0 Å². The minimum Gasteiger partial charge on any atom is -0.299 e. The van der Waals surface area contributed by atoms with Gasteiger partial charge in [-0.05, 0) is 39.2 Å². The maximum Gasteiger partial charge on any atom is 0.137 e. The number of hydrogen-bond donors (Lipinski definition) is 0. The molecular weight excluding hydrogens is 286 g/mol. The summed E-state index contributed by atoms with van der Waals surface area (Å²) in [4.78, 5) is 14.7. The smallest absolute Gasteiger partial charge is 0.137 e. The first kappa shape index (κ1) is 15.0. The fraction of sp³-hybridized carbons (Fsp3) is 0.750. The molecule has 1 aliphatic carbocycles. The third-order valence-electron chi connectivity index (χ3n) is 5.10. The SMILES string of the molecule is Cc1nn(C)c(CN2CCCC2C2CCCCC2=O)c1Cl. The van der Waals surface area contributed by atoms with Crippen molar-refractivity contribution in [3.63, 3.8) is 0 Å². The number of likely N-dealkylation sites (tertiary alicyclic amines) is 1. The van der Waals surface area contributed by atoms with Gasteiger partial charge in [0.05, 0.1) is 16.4 Å². The number of aryl methyl sites for hydroxylation is 2. The molecule has 0 aromatic carbocycles. The van der Waals surface area contributed by atoms with Crippen molar-refractivity contribution in [3.05, 3.63) is 16.4 Å². The van der Waals surface area contributed by atoms with Crippen LogP contribution in [0.1, 0.15) is 49.9 Å². The first-order valence-electron chi connectivity index (χ1n) is 8.02. The molecule has 116 valence electrons. The van der Waals surface area contributed by atoms with E-state index in [9.17, 15) is 4.79 Å². The Labute approximate surface area is 131 Å². The van der Waals surface area contributed by atoms with Gasteiger partial charge in [0.25, 0.3) is 0 Å². The summed E-state index contributed by atoms with van der Waals surface area (Å²) in [5, 5.41) is 5.17. The third-order valence-corrected chi connectivity index (χ3v) is 5.59. The van der Waals surface area contributed by atoms with Gasteiger partial charge in [0.15, 0.2) is 0 Å². The lowest BCUT2D eigenvalue weighted by Gasteiger charge is -2.33. The number of ketones is 1. The molecule has 1 saturated heterocycles. The average Bonchev–Trinajstić information content (AvgIpc) is 3.00. The Hall–Kier alpha value is -0.870. The summed E-state index contributed by atoms with van der Waals surface area (Å²) in [6.07, 6.45) is 6.45. The molecule has 2 unspecified atom stereocenters. The van der Waals surface area contributed by atoms with Crippen molar-refractivity contribution in [2.75, 3.05) is 6.54 Å². The highest BCUT2D eigenvalue weighted by Crippen LogP contribution is 2.34. The number of carbonyl (C=O) groups excluding carboxylic acids is 1. The second-order valence-electron chi connectivity index (χ2n) is 6.47. The van der Waals surface area contributed by atoms with Gasteiger partial charge < -0.3 is 0 Å². The fourth-order valence-electron chi connectivity index (χ4n) is 3.96. The van der Waals surface area contributed by atoms with Gasteiger partial charge in [-0.15, -0.1) is 0 Å². The van der Waals surface area contributed by atoms with E-state index in [1.54, 1.807) is 0 Å². The van der Waals surface area contributed by atoms with E-state index in [1.165, 1.54) is 12.8 Å². The molecule has 2 fully saturated rings. The molecule has 0 spiro atoms. The summed E-state index contributed by atoms with van der Waals surface area (Å²) in [5.74, 6) is 0.722. The molecule has 0 bridgehead atoms. The lowest BCUT2D eigenvalue weighted by Crippen LogP contribution is -2.40. The number of halogens is 1. The minimum atomic E-state index is 0.245. The number of carbonyl (C=O) groups is 1. The van der Waals surface area contributed by atoms with E-state index in [0.29, 0.717) is 11.8 Å². The highest BCUT2D eigenvalue weighted by atomic mass is 35.5. The Kier molecular flexibility index (Phi) is 4.36. The maximum atomic E-state index is 12.2. The van der Waals surface area contributed by atoms with Crippen molar-refractivity contribution in [2.24, 2.45) is 13.0 Å². The first-order chi connectivity index (χ1) is 10.1. The van der Waals surface area contributed by atoms with Crippen molar-refractivity contribution in [1.29, 1.82) is 0 Å². The number of aromatic nitrogens is 2. The van der Waals surface area contributed by atoms with Gasteiger partial charge in [-0.3, -0.25) is 14.4 Å². The predicted octanol–water partition coefficient (Wildman–Crippen LogP) is 3.11. The summed E-state index contributed by atoms with van der Waals surface area (Å²) < 4.78 is 1.88. The summed E-state index contributed by atoms with van der Waals surface area (Å²) in [6.45, 7) is 3.82. The number of nitrogens with zero attached hydrogens (tertiary/aromatic N) is 3. The number of hydrogen-bond acceptors (Lipinski definition) is 3. The molecule has 1 aliphatic heterocycles. The Bertz CT molecular complexity index is 540. The molecule has 2 heterocycles. The molecule has 1 aromatic rings. The van der Waals surface area contributed by atoms with Gasteiger partial charge in [0, 0.05) is 32.0 Å². The van der Waals surface area contributed by atoms with Crippen LogP contribution in [0, 0.1) is 12.8 Å². The van der Waals surface area contributed by atoms with E-state index >= 15 is 0 Å². The van der Waals surface area contributed by atoms with Crippen molar-refractivity contribution >= 4 is 17.4 Å². The van der Waals surface area contributed by atoms with Crippen LogP contribution >= 0.6 is 11.6 Å². The fourth-order valence-corrected chi connectivity index (χ4v) is 4.18. The van der Waals surface area contributed by atoms with Gasteiger partial charge in [0.1, 0.15) is 5.78 Å². The Morgan fingerprint density at radius 2 is 2.10 bits per heavy atom.